The van der Waals surface area contributed by atoms with Gasteiger partial charge in [0.15, 0.2) is 0 Å². The Kier molecular flexibility index (Phi) is 7.22. The molecule has 0 aliphatic carbocycles. The van der Waals surface area contributed by atoms with Crippen molar-refractivity contribution < 1.29 is 14.2 Å². The number of nitrogens with two attached hydrogens (primary N) is 1. The van der Waals surface area contributed by atoms with Gasteiger partial charge in [-0.25, -0.2) is 4.98 Å². The summed E-state index contributed by atoms with van der Waals surface area (Å²) in [6.45, 7) is 0.842. The molecule has 1 saturated heterocycles. The van der Waals surface area contributed by atoms with E-state index in [-0.39, 0.29) is 17.6 Å². The highest BCUT2D eigenvalue weighted by Crippen LogP contribution is 2.35. The second-order valence-electron chi connectivity index (χ2n) is 6.82. The van der Waals surface area contributed by atoms with Gasteiger partial charge in [0, 0.05) is 17.4 Å². The van der Waals surface area contributed by atoms with Gasteiger partial charge in [-0.1, -0.05) is 60.3 Å². The first-order chi connectivity index (χ1) is 14.7. The summed E-state index contributed by atoms with van der Waals surface area (Å²) in [5, 5.41) is 0. The first-order valence-corrected chi connectivity index (χ1v) is 11.3. The van der Waals surface area contributed by atoms with Gasteiger partial charge in [-0.3, -0.25) is 0 Å². The van der Waals surface area contributed by atoms with Crippen molar-refractivity contribution in [2.75, 3.05) is 12.3 Å². The molecular weight excluding hydrogens is 466 g/mol. The molecule has 2 heterocycles. The molecule has 6 nitrogen and oxygen atoms in total. The summed E-state index contributed by atoms with van der Waals surface area (Å²) in [7, 11) is 0. The molecule has 0 amide bonds. The minimum absolute atomic E-state index is 0.0102. The quantitative estimate of drug-likeness (QED) is 0.461. The summed E-state index contributed by atoms with van der Waals surface area (Å²) >= 11 is 4.93. The van der Waals surface area contributed by atoms with Gasteiger partial charge in [0.2, 0.25) is 10.6 Å². The molecule has 2 aromatic carbocycles. The molecule has 1 aromatic heterocycles. The van der Waals surface area contributed by atoms with Gasteiger partial charge in [-0.05, 0) is 33.6 Å². The maximum absolute atomic E-state index is 6.28. The van der Waals surface area contributed by atoms with Crippen LogP contribution in [0.15, 0.2) is 76.4 Å². The Bertz CT molecular complexity index is 929. The van der Waals surface area contributed by atoms with Crippen molar-refractivity contribution in [1.29, 1.82) is 0 Å². The molecule has 0 bridgehead atoms. The third-order valence-corrected chi connectivity index (χ3v) is 6.04. The van der Waals surface area contributed by atoms with Crippen molar-refractivity contribution in [3.05, 3.63) is 77.0 Å². The van der Waals surface area contributed by atoms with Crippen molar-refractivity contribution in [3.8, 4) is 5.88 Å². The Morgan fingerprint density at radius 1 is 1.07 bits per heavy atom. The minimum atomic E-state index is -0.218. The van der Waals surface area contributed by atoms with Gasteiger partial charge >= 0.3 is 0 Å². The molecule has 0 spiro atoms. The van der Waals surface area contributed by atoms with Crippen molar-refractivity contribution in [3.63, 3.8) is 0 Å². The molecule has 1 unspecified atom stereocenters. The lowest BCUT2D eigenvalue weighted by molar-refractivity contribution is -0.0386. The van der Waals surface area contributed by atoms with Gasteiger partial charge in [0.05, 0.1) is 12.7 Å². The predicted octanol–water partition coefficient (Wildman–Crippen LogP) is 4.69. The van der Waals surface area contributed by atoms with E-state index in [9.17, 15) is 0 Å². The SMILES string of the molecule is Nc1cc(OC[C@H]2OC(Sc3ccccc3)C[C@@H]2OCc2ccccc2)nc(Br)n1. The molecule has 2 N–H and O–H groups in total. The fraction of sp³-hybridized carbons (Fsp3) is 0.273. The number of hydrogen-bond acceptors (Lipinski definition) is 7. The Morgan fingerprint density at radius 3 is 2.53 bits per heavy atom. The van der Waals surface area contributed by atoms with Gasteiger partial charge in [0.1, 0.15) is 24.0 Å². The molecule has 1 fully saturated rings. The lowest BCUT2D eigenvalue weighted by atomic mass is 10.2. The molecule has 0 radical (unpaired) electrons. The van der Waals surface area contributed by atoms with E-state index in [2.05, 4.69) is 50.2 Å². The van der Waals surface area contributed by atoms with Crippen LogP contribution in [0.1, 0.15) is 12.0 Å². The lowest BCUT2D eigenvalue weighted by Crippen LogP contribution is -2.30. The number of benzene rings is 2. The van der Waals surface area contributed by atoms with Crippen LogP contribution in [0.25, 0.3) is 0 Å². The number of ether oxygens (including phenoxy) is 3. The number of rotatable bonds is 8. The Labute approximate surface area is 188 Å². The van der Waals surface area contributed by atoms with E-state index < -0.39 is 0 Å². The number of halogens is 1. The fourth-order valence-electron chi connectivity index (χ4n) is 3.16. The summed E-state index contributed by atoms with van der Waals surface area (Å²) in [4.78, 5) is 9.36. The average Bonchev–Trinajstić information content (AvgIpc) is 3.13. The first kappa shape index (κ1) is 21.1. The van der Waals surface area contributed by atoms with E-state index in [0.29, 0.717) is 29.6 Å². The number of aromatic nitrogens is 2. The Hall–Kier alpha value is -2.13. The summed E-state index contributed by atoms with van der Waals surface area (Å²) < 4.78 is 18.7. The largest absolute Gasteiger partial charge is 0.475 e. The third-order valence-electron chi connectivity index (χ3n) is 4.57. The van der Waals surface area contributed by atoms with E-state index in [1.54, 1.807) is 17.8 Å². The zero-order valence-electron chi connectivity index (χ0n) is 16.2. The number of nitrogens with zero attached hydrogens (tertiary/aromatic N) is 2. The highest BCUT2D eigenvalue weighted by molar-refractivity contribution is 9.10. The highest BCUT2D eigenvalue weighted by atomic mass is 79.9. The Morgan fingerprint density at radius 2 is 1.80 bits per heavy atom. The van der Waals surface area contributed by atoms with Crippen LogP contribution in [0.4, 0.5) is 5.82 Å². The molecule has 1 aliphatic rings. The zero-order chi connectivity index (χ0) is 20.8. The van der Waals surface area contributed by atoms with Crippen molar-refractivity contribution in [2.45, 2.75) is 35.6 Å². The van der Waals surface area contributed by atoms with Crippen molar-refractivity contribution >= 4 is 33.5 Å². The topological polar surface area (TPSA) is 79.5 Å². The normalized spacial score (nSPS) is 20.9. The zero-order valence-corrected chi connectivity index (χ0v) is 18.6. The smallest absolute Gasteiger partial charge is 0.219 e. The van der Waals surface area contributed by atoms with E-state index in [1.165, 1.54) is 4.90 Å². The predicted molar refractivity (Wildman–Crippen MR) is 120 cm³/mol. The number of thioether (sulfide) groups is 1. The summed E-state index contributed by atoms with van der Waals surface area (Å²) in [6.07, 6.45) is 0.467. The molecular formula is C22H22BrN3O3S. The van der Waals surface area contributed by atoms with Crippen LogP contribution in [0, 0.1) is 0 Å². The van der Waals surface area contributed by atoms with E-state index in [0.717, 1.165) is 12.0 Å². The number of nitrogen functional groups attached to an aromatic ring is 1. The fourth-order valence-corrected chi connectivity index (χ4v) is 4.64. The maximum atomic E-state index is 6.28. The van der Waals surface area contributed by atoms with E-state index >= 15 is 0 Å². The number of anilines is 1. The molecule has 156 valence electrons. The van der Waals surface area contributed by atoms with Crippen molar-refractivity contribution in [2.24, 2.45) is 0 Å². The summed E-state index contributed by atoms with van der Waals surface area (Å²) in [6, 6.07) is 21.9. The lowest BCUT2D eigenvalue weighted by Gasteiger charge is -2.19. The summed E-state index contributed by atoms with van der Waals surface area (Å²) in [5.74, 6) is 0.743. The average molecular weight is 488 g/mol. The standard InChI is InChI=1S/C22H22BrN3O3S/c23-22-25-19(24)12-20(26-22)28-14-18-17(27-13-15-7-3-1-4-8-15)11-21(29-18)30-16-9-5-2-6-10-16/h1-10,12,17-18,21H,11,13-14H2,(H2,24,25,26)/t17-,18+,21?/m0/s1. The maximum Gasteiger partial charge on any atom is 0.219 e. The second kappa shape index (κ2) is 10.3. The van der Waals surface area contributed by atoms with Crippen LogP contribution < -0.4 is 10.5 Å². The third kappa shape index (κ3) is 5.95. The minimum Gasteiger partial charge on any atom is -0.475 e. The van der Waals surface area contributed by atoms with Crippen LogP contribution in [-0.4, -0.2) is 34.2 Å². The van der Waals surface area contributed by atoms with Gasteiger partial charge < -0.3 is 19.9 Å². The van der Waals surface area contributed by atoms with Crippen LogP contribution in [0.2, 0.25) is 0 Å². The Balaban J connectivity index is 1.41. The van der Waals surface area contributed by atoms with Crippen LogP contribution in [0.3, 0.4) is 0 Å². The molecule has 3 aromatic rings. The molecule has 8 heteroatoms. The van der Waals surface area contributed by atoms with Crippen molar-refractivity contribution in [1.82, 2.24) is 9.97 Å². The number of hydrogen-bond donors (Lipinski definition) is 1. The van der Waals surface area contributed by atoms with E-state index in [4.69, 9.17) is 19.9 Å². The van der Waals surface area contributed by atoms with Crippen LogP contribution in [-0.2, 0) is 16.1 Å². The molecule has 4 rings (SSSR count). The summed E-state index contributed by atoms with van der Waals surface area (Å²) in [5.41, 5.74) is 6.89. The van der Waals surface area contributed by atoms with Crippen LogP contribution >= 0.6 is 27.7 Å². The monoisotopic (exact) mass is 487 g/mol. The van der Waals surface area contributed by atoms with Crippen LogP contribution in [0.5, 0.6) is 5.88 Å². The van der Waals surface area contributed by atoms with Gasteiger partial charge in [0.25, 0.3) is 0 Å². The second-order valence-corrected chi connectivity index (χ2v) is 8.76. The molecule has 0 saturated carbocycles. The first-order valence-electron chi connectivity index (χ1n) is 9.61. The molecule has 30 heavy (non-hydrogen) atoms. The highest BCUT2D eigenvalue weighted by Gasteiger charge is 2.37. The van der Waals surface area contributed by atoms with E-state index in [1.807, 2.05) is 36.4 Å². The molecule has 1 aliphatic heterocycles. The van der Waals surface area contributed by atoms with Gasteiger partial charge in [-0.15, -0.1) is 0 Å². The van der Waals surface area contributed by atoms with Gasteiger partial charge in [-0.2, -0.15) is 4.98 Å². The molecule has 3 atom stereocenters.